The lowest BCUT2D eigenvalue weighted by molar-refractivity contribution is 0.00807. The fraction of sp³-hybridized carbons (Fsp3) is 0.524. The first-order chi connectivity index (χ1) is 13.3. The highest BCUT2D eigenvalue weighted by Crippen LogP contribution is 2.53. The first-order valence-corrected chi connectivity index (χ1v) is 10.0. The van der Waals surface area contributed by atoms with Gasteiger partial charge in [0.25, 0.3) is 0 Å². The summed E-state index contributed by atoms with van der Waals surface area (Å²) in [4.78, 5) is 13.6. The fourth-order valence-corrected chi connectivity index (χ4v) is 4.66. The minimum absolute atomic E-state index is 0.503. The molecule has 6 heteroatoms. The lowest BCUT2D eigenvalue weighted by atomic mass is 9.55. The maximum Gasteiger partial charge on any atom is 0.134 e. The molecule has 1 N–H and O–H groups in total. The summed E-state index contributed by atoms with van der Waals surface area (Å²) in [5.41, 5.74) is 1.86. The summed E-state index contributed by atoms with van der Waals surface area (Å²) in [6.45, 7) is 6.72. The fourth-order valence-electron chi connectivity index (χ4n) is 4.66. The van der Waals surface area contributed by atoms with Crippen LogP contribution in [0.3, 0.4) is 0 Å². The van der Waals surface area contributed by atoms with E-state index in [1.165, 1.54) is 31.6 Å². The van der Waals surface area contributed by atoms with Crippen molar-refractivity contribution in [3.8, 4) is 0 Å². The number of benzene rings is 1. The van der Waals surface area contributed by atoms with Crippen LogP contribution in [0.4, 0.5) is 17.3 Å². The molecule has 1 unspecified atom stereocenters. The van der Waals surface area contributed by atoms with Crippen LogP contribution in [0.25, 0.3) is 0 Å². The molecule has 1 aromatic heterocycles. The monoisotopic (exact) mass is 365 g/mol. The van der Waals surface area contributed by atoms with Gasteiger partial charge in [-0.2, -0.15) is 0 Å². The van der Waals surface area contributed by atoms with Crippen LogP contribution in [0, 0.1) is 11.3 Å². The first kappa shape index (κ1) is 16.8. The van der Waals surface area contributed by atoms with E-state index in [0.29, 0.717) is 5.41 Å². The van der Waals surface area contributed by atoms with Crippen LogP contribution in [-0.2, 0) is 4.74 Å². The van der Waals surface area contributed by atoms with Gasteiger partial charge in [0.1, 0.15) is 18.0 Å². The molecule has 1 aromatic carbocycles. The Kier molecular flexibility index (Phi) is 4.36. The summed E-state index contributed by atoms with van der Waals surface area (Å²) < 4.78 is 5.43. The Morgan fingerprint density at radius 2 is 1.89 bits per heavy atom. The van der Waals surface area contributed by atoms with Gasteiger partial charge < -0.3 is 19.9 Å². The Morgan fingerprint density at radius 3 is 2.63 bits per heavy atom. The van der Waals surface area contributed by atoms with E-state index in [9.17, 15) is 0 Å². The van der Waals surface area contributed by atoms with Gasteiger partial charge in [0.05, 0.1) is 13.2 Å². The number of para-hydroxylation sites is 1. The van der Waals surface area contributed by atoms with Crippen LogP contribution in [-0.4, -0.2) is 55.9 Å². The predicted molar refractivity (Wildman–Crippen MR) is 107 cm³/mol. The van der Waals surface area contributed by atoms with Crippen LogP contribution in [0.2, 0.25) is 0 Å². The van der Waals surface area contributed by atoms with Gasteiger partial charge in [0.15, 0.2) is 0 Å². The minimum Gasteiger partial charge on any atom is -0.378 e. The molecule has 3 heterocycles. The smallest absolute Gasteiger partial charge is 0.134 e. The molecule has 3 aliphatic rings. The van der Waals surface area contributed by atoms with Crippen molar-refractivity contribution in [1.82, 2.24) is 9.97 Å². The molecular formula is C21H27N5O. The first-order valence-electron chi connectivity index (χ1n) is 10.0. The second-order valence-corrected chi connectivity index (χ2v) is 8.03. The van der Waals surface area contributed by atoms with Crippen molar-refractivity contribution >= 4 is 17.3 Å². The average molecular weight is 365 g/mol. The third kappa shape index (κ3) is 3.23. The van der Waals surface area contributed by atoms with Crippen molar-refractivity contribution in [2.24, 2.45) is 11.3 Å². The zero-order valence-electron chi connectivity index (χ0n) is 15.7. The number of morpholine rings is 1. The van der Waals surface area contributed by atoms with Gasteiger partial charge in [-0.3, -0.25) is 0 Å². The zero-order chi connectivity index (χ0) is 18.1. The number of hydrogen-bond donors (Lipinski definition) is 1. The minimum atomic E-state index is 0.503. The Morgan fingerprint density at radius 1 is 1.07 bits per heavy atom. The molecule has 6 nitrogen and oxygen atoms in total. The SMILES string of the molecule is c1ccc(N2CC3(CCC3CNc3cc(N4CCOCC4)ncn3)C2)cc1. The van der Waals surface area contributed by atoms with Gasteiger partial charge in [0, 0.05) is 49.9 Å². The van der Waals surface area contributed by atoms with Crippen molar-refractivity contribution in [2.75, 3.05) is 61.1 Å². The molecule has 1 spiro atoms. The summed E-state index contributed by atoms with van der Waals surface area (Å²) in [5.74, 6) is 2.67. The highest BCUT2D eigenvalue weighted by Gasteiger charge is 2.54. The van der Waals surface area contributed by atoms with E-state index in [4.69, 9.17) is 4.74 Å². The van der Waals surface area contributed by atoms with Crippen LogP contribution in [0.15, 0.2) is 42.7 Å². The van der Waals surface area contributed by atoms with Crippen LogP contribution in [0.5, 0.6) is 0 Å². The third-order valence-electron chi connectivity index (χ3n) is 6.51. The third-order valence-corrected chi connectivity index (χ3v) is 6.51. The number of nitrogens with one attached hydrogen (secondary N) is 1. The van der Waals surface area contributed by atoms with Gasteiger partial charge in [0.2, 0.25) is 0 Å². The molecule has 142 valence electrons. The molecule has 2 aliphatic heterocycles. The van der Waals surface area contributed by atoms with E-state index in [2.05, 4.69) is 61.5 Å². The van der Waals surface area contributed by atoms with Gasteiger partial charge in [-0.25, -0.2) is 9.97 Å². The van der Waals surface area contributed by atoms with E-state index >= 15 is 0 Å². The van der Waals surface area contributed by atoms with Crippen molar-refractivity contribution in [3.05, 3.63) is 42.7 Å². The number of rotatable bonds is 5. The summed E-state index contributed by atoms with van der Waals surface area (Å²) in [7, 11) is 0. The molecule has 5 rings (SSSR count). The molecule has 0 amide bonds. The van der Waals surface area contributed by atoms with Gasteiger partial charge in [-0.15, -0.1) is 0 Å². The summed E-state index contributed by atoms with van der Waals surface area (Å²) in [6, 6.07) is 12.8. The maximum atomic E-state index is 5.43. The van der Waals surface area contributed by atoms with Gasteiger partial charge in [-0.05, 0) is 30.9 Å². The van der Waals surface area contributed by atoms with Crippen LogP contribution >= 0.6 is 0 Å². The van der Waals surface area contributed by atoms with Gasteiger partial charge in [-0.1, -0.05) is 18.2 Å². The van der Waals surface area contributed by atoms with Crippen molar-refractivity contribution in [1.29, 1.82) is 0 Å². The number of aromatic nitrogens is 2. The standard InChI is InChI=1S/C21H27N5O/c1-2-4-18(5-3-1)26-14-21(15-26)7-6-17(21)13-22-19-12-20(24-16-23-19)25-8-10-27-11-9-25/h1-5,12,16-17H,6-11,13-15H2,(H,22,23,24). The topological polar surface area (TPSA) is 53.5 Å². The van der Waals surface area contributed by atoms with Crippen molar-refractivity contribution in [2.45, 2.75) is 12.8 Å². The Labute approximate surface area is 160 Å². The number of anilines is 3. The molecular weight excluding hydrogens is 338 g/mol. The molecule has 1 aliphatic carbocycles. The molecule has 1 saturated carbocycles. The number of nitrogens with zero attached hydrogens (tertiary/aromatic N) is 4. The zero-order valence-corrected chi connectivity index (χ0v) is 15.7. The lowest BCUT2D eigenvalue weighted by Gasteiger charge is -2.61. The molecule has 0 bridgehead atoms. The molecule has 1 atom stereocenters. The van der Waals surface area contributed by atoms with E-state index in [1.807, 2.05) is 0 Å². The average Bonchev–Trinajstić information content (AvgIpc) is 2.68. The van der Waals surface area contributed by atoms with Gasteiger partial charge >= 0.3 is 0 Å². The molecule has 27 heavy (non-hydrogen) atoms. The summed E-state index contributed by atoms with van der Waals surface area (Å²) in [5, 5.41) is 3.58. The highest BCUT2D eigenvalue weighted by atomic mass is 16.5. The van der Waals surface area contributed by atoms with Crippen LogP contribution in [0.1, 0.15) is 12.8 Å². The second kappa shape index (κ2) is 7.00. The highest BCUT2D eigenvalue weighted by molar-refractivity contribution is 5.51. The quantitative estimate of drug-likeness (QED) is 0.879. The molecule has 2 saturated heterocycles. The van der Waals surface area contributed by atoms with E-state index in [-0.39, 0.29) is 0 Å². The lowest BCUT2D eigenvalue weighted by Crippen LogP contribution is -2.65. The molecule has 3 fully saturated rings. The predicted octanol–water partition coefficient (Wildman–Crippen LogP) is 2.64. The number of hydrogen-bond acceptors (Lipinski definition) is 6. The Bertz CT molecular complexity index is 771. The molecule has 2 aromatic rings. The van der Waals surface area contributed by atoms with Crippen molar-refractivity contribution < 1.29 is 4.74 Å². The largest absolute Gasteiger partial charge is 0.378 e. The summed E-state index contributed by atoms with van der Waals surface area (Å²) >= 11 is 0. The Balaban J connectivity index is 1.17. The van der Waals surface area contributed by atoms with E-state index in [1.54, 1.807) is 6.33 Å². The molecule has 0 radical (unpaired) electrons. The van der Waals surface area contributed by atoms with Crippen molar-refractivity contribution in [3.63, 3.8) is 0 Å². The normalized spacial score (nSPS) is 23.6. The van der Waals surface area contributed by atoms with E-state index < -0.39 is 0 Å². The van der Waals surface area contributed by atoms with E-state index in [0.717, 1.165) is 50.4 Å². The summed E-state index contributed by atoms with van der Waals surface area (Å²) in [6.07, 6.45) is 4.34. The van der Waals surface area contributed by atoms with Crippen LogP contribution < -0.4 is 15.1 Å². The Hall–Kier alpha value is -2.34. The maximum absolute atomic E-state index is 5.43. The second-order valence-electron chi connectivity index (χ2n) is 8.03. The number of ether oxygens (including phenoxy) is 1.